The number of aromatic carboxylic acids is 1. The zero-order valence-corrected chi connectivity index (χ0v) is 11.4. The highest BCUT2D eigenvalue weighted by Crippen LogP contribution is 2.17. The molecule has 0 aliphatic carbocycles. The molecule has 102 valence electrons. The minimum atomic E-state index is -1.02. The fourth-order valence-electron chi connectivity index (χ4n) is 1.99. The van der Waals surface area contributed by atoms with Crippen molar-refractivity contribution in [3.8, 4) is 0 Å². The lowest BCUT2D eigenvalue weighted by Gasteiger charge is -2.18. The molecule has 0 radical (unpaired) electrons. The van der Waals surface area contributed by atoms with Crippen LogP contribution in [0.25, 0.3) is 0 Å². The maximum atomic E-state index is 10.7. The fourth-order valence-corrected chi connectivity index (χ4v) is 1.99. The average Bonchev–Trinajstić information content (AvgIpc) is 2.78. The summed E-state index contributed by atoms with van der Waals surface area (Å²) < 4.78 is 5.27. The van der Waals surface area contributed by atoms with Crippen LogP contribution in [0.3, 0.4) is 0 Å². The van der Waals surface area contributed by atoms with Gasteiger partial charge in [-0.05, 0) is 32.4 Å². The molecule has 0 bridgehead atoms. The number of unbranched alkanes of at least 4 members (excludes halogenated alkanes) is 2. The van der Waals surface area contributed by atoms with Crippen molar-refractivity contribution in [3.05, 3.63) is 23.7 Å². The van der Waals surface area contributed by atoms with Crippen molar-refractivity contribution in [1.82, 2.24) is 5.32 Å². The van der Waals surface area contributed by atoms with E-state index in [1.165, 1.54) is 25.3 Å². The van der Waals surface area contributed by atoms with Crippen molar-refractivity contribution in [2.24, 2.45) is 0 Å². The Kier molecular flexibility index (Phi) is 5.92. The molecule has 0 amide bonds. The molecule has 4 nitrogen and oxygen atoms in total. The zero-order valence-electron chi connectivity index (χ0n) is 11.4. The summed E-state index contributed by atoms with van der Waals surface area (Å²) in [5.74, 6) is -0.350. The maximum Gasteiger partial charge on any atom is 0.371 e. The topological polar surface area (TPSA) is 62.5 Å². The van der Waals surface area contributed by atoms with Gasteiger partial charge in [-0.15, -0.1) is 0 Å². The molecular weight excluding hydrogens is 230 g/mol. The Balaban J connectivity index is 2.43. The Morgan fingerprint density at radius 3 is 2.67 bits per heavy atom. The number of rotatable bonds is 8. The highest BCUT2D eigenvalue weighted by molar-refractivity contribution is 5.84. The minimum absolute atomic E-state index is 0.00251. The van der Waals surface area contributed by atoms with Crippen LogP contribution in [-0.2, 0) is 0 Å². The fraction of sp³-hybridized carbons (Fsp3) is 0.643. The van der Waals surface area contributed by atoms with Crippen molar-refractivity contribution >= 4 is 5.97 Å². The van der Waals surface area contributed by atoms with Crippen LogP contribution in [0, 0.1) is 0 Å². The van der Waals surface area contributed by atoms with Crippen LogP contribution < -0.4 is 5.32 Å². The van der Waals surface area contributed by atoms with Crippen LogP contribution in [0.15, 0.2) is 16.5 Å². The monoisotopic (exact) mass is 253 g/mol. The zero-order chi connectivity index (χ0) is 13.5. The molecule has 0 fully saturated rings. The second-order valence-corrected chi connectivity index (χ2v) is 4.79. The molecular formula is C14H23NO3. The summed E-state index contributed by atoms with van der Waals surface area (Å²) in [6.45, 7) is 6.32. The van der Waals surface area contributed by atoms with Crippen LogP contribution in [0.1, 0.15) is 68.8 Å². The molecule has 2 atom stereocenters. The van der Waals surface area contributed by atoms with Gasteiger partial charge in [0.15, 0.2) is 0 Å². The van der Waals surface area contributed by atoms with Crippen LogP contribution in [-0.4, -0.2) is 17.1 Å². The van der Waals surface area contributed by atoms with E-state index in [9.17, 15) is 4.79 Å². The number of nitrogens with one attached hydrogen (secondary N) is 1. The summed E-state index contributed by atoms with van der Waals surface area (Å²) in [5, 5.41) is 12.2. The van der Waals surface area contributed by atoms with E-state index in [1.54, 1.807) is 6.07 Å². The van der Waals surface area contributed by atoms with Gasteiger partial charge in [0.2, 0.25) is 5.76 Å². The average molecular weight is 253 g/mol. The van der Waals surface area contributed by atoms with E-state index in [0.29, 0.717) is 11.8 Å². The lowest BCUT2D eigenvalue weighted by atomic mass is 10.1. The summed E-state index contributed by atoms with van der Waals surface area (Å²) in [6.07, 6.45) is 4.83. The smallest absolute Gasteiger partial charge is 0.371 e. The molecule has 1 heterocycles. The Labute approximate surface area is 108 Å². The number of furan rings is 1. The third-order valence-electron chi connectivity index (χ3n) is 3.04. The normalized spacial score (nSPS) is 14.4. The van der Waals surface area contributed by atoms with Gasteiger partial charge in [0.25, 0.3) is 0 Å². The first-order valence-electron chi connectivity index (χ1n) is 6.63. The van der Waals surface area contributed by atoms with Crippen LogP contribution >= 0.6 is 0 Å². The van der Waals surface area contributed by atoms with E-state index >= 15 is 0 Å². The van der Waals surface area contributed by atoms with E-state index in [2.05, 4.69) is 19.2 Å². The maximum absolute atomic E-state index is 10.7. The summed E-state index contributed by atoms with van der Waals surface area (Å²) in [6, 6.07) is 3.66. The van der Waals surface area contributed by atoms with Gasteiger partial charge in [0.05, 0.1) is 6.04 Å². The van der Waals surface area contributed by atoms with E-state index in [1.807, 2.05) is 6.92 Å². The SMILES string of the molecule is CCCCCC(C)NC(C)c1ccc(C(=O)O)o1. The molecule has 4 heteroatoms. The number of carboxylic acid groups (broad SMARTS) is 1. The summed E-state index contributed by atoms with van der Waals surface area (Å²) in [5.41, 5.74) is 0. The largest absolute Gasteiger partial charge is 0.475 e. The van der Waals surface area contributed by atoms with Crippen molar-refractivity contribution < 1.29 is 14.3 Å². The number of hydrogen-bond donors (Lipinski definition) is 2. The van der Waals surface area contributed by atoms with Crippen molar-refractivity contribution in [2.45, 2.75) is 58.5 Å². The number of carboxylic acids is 1. The van der Waals surface area contributed by atoms with Crippen LogP contribution in [0.2, 0.25) is 0 Å². The van der Waals surface area contributed by atoms with Crippen molar-refractivity contribution in [1.29, 1.82) is 0 Å². The molecule has 1 aromatic rings. The van der Waals surface area contributed by atoms with Gasteiger partial charge in [-0.1, -0.05) is 26.2 Å². The van der Waals surface area contributed by atoms with Gasteiger partial charge in [0.1, 0.15) is 5.76 Å². The Hall–Kier alpha value is -1.29. The molecule has 0 aromatic carbocycles. The van der Waals surface area contributed by atoms with Gasteiger partial charge >= 0.3 is 5.97 Å². The highest BCUT2D eigenvalue weighted by Gasteiger charge is 2.15. The Bertz CT molecular complexity index is 373. The van der Waals surface area contributed by atoms with Gasteiger partial charge in [-0.25, -0.2) is 4.79 Å². The Morgan fingerprint density at radius 2 is 2.11 bits per heavy atom. The minimum Gasteiger partial charge on any atom is -0.475 e. The van der Waals surface area contributed by atoms with E-state index in [4.69, 9.17) is 9.52 Å². The molecule has 2 N–H and O–H groups in total. The molecule has 18 heavy (non-hydrogen) atoms. The molecule has 0 spiro atoms. The highest BCUT2D eigenvalue weighted by atomic mass is 16.4. The molecule has 0 aliphatic rings. The van der Waals surface area contributed by atoms with Crippen LogP contribution in [0.5, 0.6) is 0 Å². The predicted octanol–water partition coefficient (Wildman–Crippen LogP) is 3.60. The summed E-state index contributed by atoms with van der Waals surface area (Å²) >= 11 is 0. The van der Waals surface area contributed by atoms with E-state index < -0.39 is 5.97 Å². The lowest BCUT2D eigenvalue weighted by Crippen LogP contribution is -2.28. The van der Waals surface area contributed by atoms with Gasteiger partial charge < -0.3 is 14.8 Å². The molecule has 2 unspecified atom stereocenters. The quantitative estimate of drug-likeness (QED) is 0.695. The lowest BCUT2D eigenvalue weighted by molar-refractivity contribution is 0.0659. The number of hydrogen-bond acceptors (Lipinski definition) is 3. The molecule has 0 saturated heterocycles. The first-order chi connectivity index (χ1) is 8.54. The predicted molar refractivity (Wildman–Crippen MR) is 70.8 cm³/mol. The van der Waals surface area contributed by atoms with Crippen molar-refractivity contribution in [3.63, 3.8) is 0 Å². The van der Waals surface area contributed by atoms with Crippen molar-refractivity contribution in [2.75, 3.05) is 0 Å². The molecule has 0 saturated carbocycles. The summed E-state index contributed by atoms with van der Waals surface area (Å²) in [4.78, 5) is 10.7. The van der Waals surface area contributed by atoms with E-state index in [0.717, 1.165) is 6.42 Å². The number of carbonyl (C=O) groups is 1. The van der Waals surface area contributed by atoms with E-state index in [-0.39, 0.29) is 11.8 Å². The molecule has 1 rings (SSSR count). The third kappa shape index (κ3) is 4.53. The van der Waals surface area contributed by atoms with Crippen LogP contribution in [0.4, 0.5) is 0 Å². The second-order valence-electron chi connectivity index (χ2n) is 4.79. The second kappa shape index (κ2) is 7.21. The first kappa shape index (κ1) is 14.8. The first-order valence-corrected chi connectivity index (χ1v) is 6.63. The van der Waals surface area contributed by atoms with Gasteiger partial charge in [0, 0.05) is 6.04 Å². The standard InChI is InChI=1S/C14H23NO3/c1-4-5-6-7-10(2)15-11(3)12-8-9-13(18-12)14(16)17/h8-11,15H,4-7H2,1-3H3,(H,16,17). The van der Waals surface area contributed by atoms with Gasteiger partial charge in [-0.3, -0.25) is 0 Å². The summed E-state index contributed by atoms with van der Waals surface area (Å²) in [7, 11) is 0. The van der Waals surface area contributed by atoms with Gasteiger partial charge in [-0.2, -0.15) is 0 Å². The Morgan fingerprint density at radius 1 is 1.39 bits per heavy atom. The third-order valence-corrected chi connectivity index (χ3v) is 3.04. The molecule has 0 aliphatic heterocycles. The molecule has 1 aromatic heterocycles.